The summed E-state index contributed by atoms with van der Waals surface area (Å²) in [6.07, 6.45) is 8.85. The summed E-state index contributed by atoms with van der Waals surface area (Å²) in [7, 11) is 0. The monoisotopic (exact) mass is 359 g/mol. The molecule has 3 fully saturated rings. The number of nitrogens with one attached hydrogen (secondary N) is 1. The molecule has 0 spiro atoms. The first-order valence-electron chi connectivity index (χ1n) is 9.49. The maximum absolute atomic E-state index is 12.5. The number of anilines is 1. The predicted molar refractivity (Wildman–Crippen MR) is 95.1 cm³/mol. The number of hydrogen-bond acceptors (Lipinski definition) is 4. The largest absolute Gasteiger partial charge is 0.481 e. The number of aromatic nitrogens is 1. The van der Waals surface area contributed by atoms with Crippen molar-refractivity contribution in [2.45, 2.75) is 51.0 Å². The summed E-state index contributed by atoms with van der Waals surface area (Å²) in [5.74, 6) is -0.133. The molecule has 0 unspecified atom stereocenters. The number of hydrogen-bond donors (Lipinski definition) is 2. The maximum Gasteiger partial charge on any atom is 0.321 e. The molecule has 3 aliphatic rings. The van der Waals surface area contributed by atoms with Crippen molar-refractivity contribution < 1.29 is 19.4 Å². The van der Waals surface area contributed by atoms with Gasteiger partial charge in [0.2, 0.25) is 5.88 Å². The van der Waals surface area contributed by atoms with E-state index in [1.807, 2.05) is 0 Å². The molecule has 7 nitrogen and oxygen atoms in total. The topological polar surface area (TPSA) is 91.8 Å². The summed E-state index contributed by atoms with van der Waals surface area (Å²) in [6.45, 7) is 0.795. The Kier molecular flexibility index (Phi) is 4.46. The maximum atomic E-state index is 12.5. The number of likely N-dealkylation sites (tertiary alicyclic amines) is 1. The number of amides is 2. The van der Waals surface area contributed by atoms with Gasteiger partial charge >= 0.3 is 12.0 Å². The summed E-state index contributed by atoms with van der Waals surface area (Å²) in [4.78, 5) is 30.2. The van der Waals surface area contributed by atoms with Crippen LogP contribution in [0.5, 0.6) is 5.88 Å². The van der Waals surface area contributed by atoms with Crippen LogP contribution >= 0.6 is 0 Å². The van der Waals surface area contributed by atoms with Gasteiger partial charge in [-0.15, -0.1) is 0 Å². The van der Waals surface area contributed by atoms with Gasteiger partial charge in [0.15, 0.2) is 0 Å². The number of aliphatic carboxylic acids is 1. The van der Waals surface area contributed by atoms with Gasteiger partial charge in [-0.1, -0.05) is 6.42 Å². The van der Waals surface area contributed by atoms with Gasteiger partial charge in [0.1, 0.15) is 6.10 Å². The van der Waals surface area contributed by atoms with E-state index in [9.17, 15) is 14.7 Å². The normalized spacial score (nSPS) is 28.2. The second kappa shape index (κ2) is 6.78. The van der Waals surface area contributed by atoms with E-state index in [1.165, 1.54) is 12.8 Å². The van der Waals surface area contributed by atoms with Gasteiger partial charge < -0.3 is 20.1 Å². The highest BCUT2D eigenvalue weighted by Crippen LogP contribution is 2.48. The van der Waals surface area contributed by atoms with E-state index in [0.29, 0.717) is 24.5 Å². The fraction of sp³-hybridized carbons (Fsp3) is 0.632. The fourth-order valence-electron chi connectivity index (χ4n) is 4.70. The average molecular weight is 359 g/mol. The second-order valence-corrected chi connectivity index (χ2v) is 7.77. The minimum atomic E-state index is -0.773. The van der Waals surface area contributed by atoms with Crippen molar-refractivity contribution >= 4 is 17.7 Å². The highest BCUT2D eigenvalue weighted by molar-refractivity contribution is 5.90. The third-order valence-corrected chi connectivity index (χ3v) is 6.16. The summed E-state index contributed by atoms with van der Waals surface area (Å²) >= 11 is 0. The Morgan fingerprint density at radius 1 is 1.23 bits per heavy atom. The molecule has 1 aliphatic heterocycles. The number of carboxylic acids is 1. The molecular formula is C19H25N3O4. The second-order valence-electron chi connectivity index (χ2n) is 7.77. The smallest absolute Gasteiger partial charge is 0.321 e. The minimum Gasteiger partial charge on any atom is -0.481 e. The SMILES string of the molecule is O=C(Nc1ccc(OC2CCCC2)nc1)N1C[C@@H]2CCC[C@@]2(C(=O)O)C1. The molecule has 2 atom stereocenters. The Balaban J connectivity index is 1.35. The van der Waals surface area contributed by atoms with E-state index in [4.69, 9.17) is 4.74 Å². The van der Waals surface area contributed by atoms with E-state index < -0.39 is 11.4 Å². The third kappa shape index (κ3) is 3.10. The van der Waals surface area contributed by atoms with Crippen LogP contribution in [0.4, 0.5) is 10.5 Å². The van der Waals surface area contributed by atoms with Crippen LogP contribution in [-0.4, -0.2) is 46.2 Å². The van der Waals surface area contributed by atoms with Gasteiger partial charge in [0.05, 0.1) is 17.3 Å². The van der Waals surface area contributed by atoms with Gasteiger partial charge in [-0.05, 0) is 50.5 Å². The molecule has 2 heterocycles. The van der Waals surface area contributed by atoms with E-state index in [0.717, 1.165) is 25.7 Å². The minimum absolute atomic E-state index is 0.0612. The van der Waals surface area contributed by atoms with Gasteiger partial charge in [-0.25, -0.2) is 9.78 Å². The van der Waals surface area contributed by atoms with Gasteiger partial charge in [0.25, 0.3) is 0 Å². The summed E-state index contributed by atoms with van der Waals surface area (Å²) in [6, 6.07) is 3.29. The standard InChI is InChI=1S/C19H25N3O4/c23-17(24)19-9-3-4-13(19)11-22(12-19)18(25)21-14-7-8-16(20-10-14)26-15-5-1-2-6-15/h7-8,10,13,15H,1-6,9,11-12H2,(H,21,25)(H,23,24)/t13-,19+/m0/s1. The van der Waals surface area contributed by atoms with Crippen molar-refractivity contribution in [2.24, 2.45) is 11.3 Å². The van der Waals surface area contributed by atoms with Crippen molar-refractivity contribution in [3.63, 3.8) is 0 Å². The van der Waals surface area contributed by atoms with Crippen molar-refractivity contribution in [1.29, 1.82) is 0 Å². The van der Waals surface area contributed by atoms with Crippen molar-refractivity contribution in [3.05, 3.63) is 18.3 Å². The van der Waals surface area contributed by atoms with E-state index in [2.05, 4.69) is 10.3 Å². The van der Waals surface area contributed by atoms with Crippen LogP contribution in [0.3, 0.4) is 0 Å². The zero-order valence-electron chi connectivity index (χ0n) is 14.8. The number of rotatable bonds is 4. The first-order valence-corrected chi connectivity index (χ1v) is 9.49. The summed E-state index contributed by atoms with van der Waals surface area (Å²) in [5, 5.41) is 12.5. The quantitative estimate of drug-likeness (QED) is 0.862. The third-order valence-electron chi connectivity index (χ3n) is 6.16. The predicted octanol–water partition coefficient (Wildman–Crippen LogP) is 3.12. The number of carboxylic acid groups (broad SMARTS) is 1. The Bertz CT molecular complexity index is 687. The van der Waals surface area contributed by atoms with E-state index in [-0.39, 0.29) is 24.6 Å². The van der Waals surface area contributed by atoms with Crippen LogP contribution in [0.25, 0.3) is 0 Å². The van der Waals surface area contributed by atoms with E-state index in [1.54, 1.807) is 23.2 Å². The summed E-state index contributed by atoms with van der Waals surface area (Å²) in [5.41, 5.74) is -0.163. The van der Waals surface area contributed by atoms with Crippen LogP contribution in [-0.2, 0) is 4.79 Å². The molecule has 7 heteroatoms. The number of pyridine rings is 1. The molecule has 1 aromatic heterocycles. The number of ether oxygens (including phenoxy) is 1. The number of fused-ring (bicyclic) bond motifs is 1. The Hall–Kier alpha value is -2.31. The van der Waals surface area contributed by atoms with E-state index >= 15 is 0 Å². The van der Waals surface area contributed by atoms with Crippen LogP contribution in [0, 0.1) is 11.3 Å². The molecule has 140 valence electrons. The number of carbonyl (C=O) groups excluding carboxylic acids is 1. The van der Waals surface area contributed by atoms with Crippen molar-refractivity contribution in [2.75, 3.05) is 18.4 Å². The van der Waals surface area contributed by atoms with Gasteiger partial charge in [-0.2, -0.15) is 0 Å². The molecule has 1 aromatic rings. The number of urea groups is 1. The van der Waals surface area contributed by atoms with Crippen LogP contribution in [0.2, 0.25) is 0 Å². The molecule has 0 aromatic carbocycles. The van der Waals surface area contributed by atoms with Gasteiger partial charge in [-0.3, -0.25) is 4.79 Å². The molecule has 2 aliphatic carbocycles. The molecule has 2 amide bonds. The fourth-order valence-corrected chi connectivity index (χ4v) is 4.70. The number of carbonyl (C=O) groups is 2. The van der Waals surface area contributed by atoms with Crippen molar-refractivity contribution in [1.82, 2.24) is 9.88 Å². The Labute approximate surface area is 152 Å². The molecule has 2 saturated carbocycles. The Morgan fingerprint density at radius 2 is 2.04 bits per heavy atom. The lowest BCUT2D eigenvalue weighted by molar-refractivity contribution is -0.149. The first-order chi connectivity index (χ1) is 12.6. The lowest BCUT2D eigenvalue weighted by Gasteiger charge is -2.23. The lowest BCUT2D eigenvalue weighted by atomic mass is 9.81. The van der Waals surface area contributed by atoms with Crippen LogP contribution in [0.15, 0.2) is 18.3 Å². The molecule has 0 bridgehead atoms. The molecular weight excluding hydrogens is 334 g/mol. The Morgan fingerprint density at radius 3 is 2.69 bits per heavy atom. The molecule has 26 heavy (non-hydrogen) atoms. The molecule has 2 N–H and O–H groups in total. The van der Waals surface area contributed by atoms with Crippen molar-refractivity contribution in [3.8, 4) is 5.88 Å². The van der Waals surface area contributed by atoms with Crippen LogP contribution in [0.1, 0.15) is 44.9 Å². The zero-order chi connectivity index (χ0) is 18.1. The molecule has 0 radical (unpaired) electrons. The first kappa shape index (κ1) is 17.1. The molecule has 4 rings (SSSR count). The molecule has 1 saturated heterocycles. The summed E-state index contributed by atoms with van der Waals surface area (Å²) < 4.78 is 5.83. The highest BCUT2D eigenvalue weighted by Gasteiger charge is 2.55. The van der Waals surface area contributed by atoms with Crippen LogP contribution < -0.4 is 10.1 Å². The number of nitrogens with zero attached hydrogens (tertiary/aromatic N) is 2. The van der Waals surface area contributed by atoms with Gasteiger partial charge in [0, 0.05) is 19.2 Å². The zero-order valence-corrected chi connectivity index (χ0v) is 14.8. The lowest BCUT2D eigenvalue weighted by Crippen LogP contribution is -2.38. The highest BCUT2D eigenvalue weighted by atomic mass is 16.5. The average Bonchev–Trinajstić information content (AvgIpc) is 3.32.